The van der Waals surface area contributed by atoms with Crippen LogP contribution in [0.3, 0.4) is 0 Å². The van der Waals surface area contributed by atoms with E-state index in [-0.39, 0.29) is 17.5 Å². The summed E-state index contributed by atoms with van der Waals surface area (Å²) in [4.78, 5) is 26.0. The van der Waals surface area contributed by atoms with Crippen LogP contribution >= 0.6 is 11.6 Å². The second-order valence-electron chi connectivity index (χ2n) is 8.32. The van der Waals surface area contributed by atoms with Crippen molar-refractivity contribution in [2.75, 3.05) is 10.6 Å². The van der Waals surface area contributed by atoms with Crippen molar-refractivity contribution in [1.82, 2.24) is 19.6 Å². The van der Waals surface area contributed by atoms with Crippen molar-refractivity contribution < 1.29 is 14.3 Å². The van der Waals surface area contributed by atoms with E-state index in [2.05, 4.69) is 20.8 Å². The molecule has 2 amide bonds. The average molecular weight is 507 g/mol. The molecule has 2 heterocycles. The van der Waals surface area contributed by atoms with E-state index in [1.807, 2.05) is 45.0 Å². The highest BCUT2D eigenvalue weighted by Gasteiger charge is 2.21. The van der Waals surface area contributed by atoms with Gasteiger partial charge in [-0.15, -0.1) is 0 Å². The monoisotopic (exact) mass is 506 g/mol. The first kappa shape index (κ1) is 25.0. The van der Waals surface area contributed by atoms with Gasteiger partial charge in [-0.25, -0.2) is 0 Å². The van der Waals surface area contributed by atoms with Crippen molar-refractivity contribution in [2.45, 2.75) is 33.9 Å². The van der Waals surface area contributed by atoms with Crippen molar-refractivity contribution in [2.24, 2.45) is 7.05 Å². The van der Waals surface area contributed by atoms with Gasteiger partial charge in [0.15, 0.2) is 0 Å². The molecular formula is C26H27ClN6O3. The lowest BCUT2D eigenvalue weighted by atomic mass is 10.1. The molecule has 36 heavy (non-hydrogen) atoms. The summed E-state index contributed by atoms with van der Waals surface area (Å²) in [6, 6.07) is 12.6. The van der Waals surface area contributed by atoms with Gasteiger partial charge in [0.05, 0.1) is 34.5 Å². The van der Waals surface area contributed by atoms with Crippen molar-refractivity contribution in [1.29, 1.82) is 0 Å². The fourth-order valence-electron chi connectivity index (χ4n) is 3.59. The lowest BCUT2D eigenvalue weighted by Crippen LogP contribution is -2.21. The maximum absolute atomic E-state index is 13.1. The number of halogens is 1. The largest absolute Gasteiger partial charge is 0.487 e. The molecule has 0 saturated carbocycles. The summed E-state index contributed by atoms with van der Waals surface area (Å²) >= 11 is 6.19. The molecule has 0 fully saturated rings. The number of ether oxygens (including phenoxy) is 1. The highest BCUT2D eigenvalue weighted by Crippen LogP contribution is 2.26. The Bertz CT molecular complexity index is 1410. The first-order valence-corrected chi connectivity index (χ1v) is 11.8. The molecule has 0 aliphatic carbocycles. The van der Waals surface area contributed by atoms with Gasteiger partial charge in [-0.3, -0.25) is 19.0 Å². The Morgan fingerprint density at radius 1 is 0.972 bits per heavy atom. The Morgan fingerprint density at radius 2 is 1.67 bits per heavy atom. The van der Waals surface area contributed by atoms with Crippen LogP contribution in [0, 0.1) is 13.8 Å². The zero-order valence-electron chi connectivity index (χ0n) is 20.5. The number of nitrogens with one attached hydrogen (secondary N) is 2. The molecule has 2 N–H and O–H groups in total. The molecule has 0 radical (unpaired) electrons. The third-order valence-electron chi connectivity index (χ3n) is 5.78. The van der Waals surface area contributed by atoms with Crippen molar-refractivity contribution in [3.8, 4) is 5.75 Å². The predicted octanol–water partition coefficient (Wildman–Crippen LogP) is 4.99. The van der Waals surface area contributed by atoms with E-state index in [1.165, 1.54) is 10.9 Å². The molecule has 10 heteroatoms. The normalized spacial score (nSPS) is 10.8. The van der Waals surface area contributed by atoms with E-state index in [0.29, 0.717) is 40.9 Å². The van der Waals surface area contributed by atoms with Gasteiger partial charge >= 0.3 is 0 Å². The zero-order chi connectivity index (χ0) is 25.8. The van der Waals surface area contributed by atoms with Gasteiger partial charge in [0.1, 0.15) is 18.1 Å². The molecule has 2 aromatic heterocycles. The van der Waals surface area contributed by atoms with Gasteiger partial charge < -0.3 is 15.4 Å². The molecule has 0 spiro atoms. The molecule has 4 aromatic rings. The van der Waals surface area contributed by atoms with Crippen molar-refractivity contribution in [3.63, 3.8) is 0 Å². The van der Waals surface area contributed by atoms with Gasteiger partial charge in [0.25, 0.3) is 11.8 Å². The maximum Gasteiger partial charge on any atom is 0.276 e. The molecule has 0 aliphatic rings. The van der Waals surface area contributed by atoms with Crippen LogP contribution in [0.15, 0.2) is 54.9 Å². The van der Waals surface area contributed by atoms with E-state index in [4.69, 9.17) is 16.3 Å². The quantitative estimate of drug-likeness (QED) is 0.350. The summed E-state index contributed by atoms with van der Waals surface area (Å²) in [6.45, 7) is 6.47. The smallest absolute Gasteiger partial charge is 0.276 e. The number of rotatable bonds is 8. The number of carbonyl (C=O) groups is 2. The first-order chi connectivity index (χ1) is 17.3. The highest BCUT2D eigenvalue weighted by atomic mass is 35.5. The Balaban J connectivity index is 1.45. The number of anilines is 2. The Hall–Kier alpha value is -4.11. The minimum absolute atomic E-state index is 0.258. The molecule has 0 saturated heterocycles. The molecule has 4 rings (SSSR count). The zero-order valence-corrected chi connectivity index (χ0v) is 21.3. The third-order valence-corrected chi connectivity index (χ3v) is 6.10. The summed E-state index contributed by atoms with van der Waals surface area (Å²) in [6.07, 6.45) is 3.05. The molecule has 0 aliphatic heterocycles. The first-order valence-electron chi connectivity index (χ1n) is 11.4. The molecule has 0 unspecified atom stereocenters. The van der Waals surface area contributed by atoms with E-state index >= 15 is 0 Å². The van der Waals surface area contributed by atoms with Crippen LogP contribution < -0.4 is 15.4 Å². The summed E-state index contributed by atoms with van der Waals surface area (Å²) in [5.41, 5.74) is 4.35. The van der Waals surface area contributed by atoms with Crippen LogP contribution in [0.5, 0.6) is 5.75 Å². The predicted molar refractivity (Wildman–Crippen MR) is 139 cm³/mol. The van der Waals surface area contributed by atoms with E-state index in [0.717, 1.165) is 16.8 Å². The molecule has 2 aromatic carbocycles. The maximum atomic E-state index is 13.1. The minimum atomic E-state index is -0.386. The molecule has 186 valence electrons. The number of nitrogens with zero attached hydrogens (tertiary/aromatic N) is 4. The second-order valence-corrected chi connectivity index (χ2v) is 8.72. The lowest BCUT2D eigenvalue weighted by Gasteiger charge is -2.11. The van der Waals surface area contributed by atoms with Crippen LogP contribution in [-0.2, 0) is 20.2 Å². The average Bonchev–Trinajstić information content (AvgIpc) is 3.42. The summed E-state index contributed by atoms with van der Waals surface area (Å²) < 4.78 is 9.02. The lowest BCUT2D eigenvalue weighted by molar-refractivity contribution is 0.101. The molecule has 0 atom stereocenters. The van der Waals surface area contributed by atoms with Crippen LogP contribution in [0.1, 0.15) is 44.6 Å². The molecule has 9 nitrogen and oxygen atoms in total. The van der Waals surface area contributed by atoms with Gasteiger partial charge in [0.2, 0.25) is 0 Å². The molecule has 0 bridgehead atoms. The number of hydrogen-bond donors (Lipinski definition) is 2. The minimum Gasteiger partial charge on any atom is -0.487 e. The Labute approximate surface area is 214 Å². The van der Waals surface area contributed by atoms with Gasteiger partial charge in [-0.2, -0.15) is 10.2 Å². The third kappa shape index (κ3) is 5.41. The van der Waals surface area contributed by atoms with Crippen LogP contribution in [0.4, 0.5) is 11.4 Å². The van der Waals surface area contributed by atoms with E-state index in [9.17, 15) is 9.59 Å². The van der Waals surface area contributed by atoms with Gasteiger partial charge in [-0.05, 0) is 56.2 Å². The van der Waals surface area contributed by atoms with Crippen molar-refractivity contribution >= 4 is 34.8 Å². The Kier molecular flexibility index (Phi) is 7.40. The highest BCUT2D eigenvalue weighted by molar-refractivity contribution is 6.32. The molecular weight excluding hydrogens is 480 g/mol. The number of carbonyl (C=O) groups excluding carboxylic acids is 2. The van der Waals surface area contributed by atoms with Crippen LogP contribution in [0.25, 0.3) is 0 Å². The van der Waals surface area contributed by atoms with Crippen molar-refractivity contribution in [3.05, 3.63) is 88.0 Å². The fraction of sp³-hybridized carbons (Fsp3) is 0.231. The summed E-state index contributed by atoms with van der Waals surface area (Å²) in [5.74, 6) is -0.131. The van der Waals surface area contributed by atoms with Gasteiger partial charge in [0, 0.05) is 19.2 Å². The summed E-state index contributed by atoms with van der Waals surface area (Å²) in [7, 11) is 1.79. The SMILES string of the molecule is CCn1ncc(NC(=O)c2ccc(COc3cc(C)ccc3Cl)cc2)c1C(=O)Nc1cnn(C)c1C. The van der Waals surface area contributed by atoms with Gasteiger partial charge in [-0.1, -0.05) is 29.8 Å². The topological polar surface area (TPSA) is 103 Å². The Morgan fingerprint density at radius 3 is 2.33 bits per heavy atom. The number of aromatic nitrogens is 4. The second kappa shape index (κ2) is 10.7. The number of hydrogen-bond acceptors (Lipinski definition) is 5. The fourth-order valence-corrected chi connectivity index (χ4v) is 3.76. The van der Waals surface area contributed by atoms with Crippen LogP contribution in [0.2, 0.25) is 5.02 Å². The number of amides is 2. The van der Waals surface area contributed by atoms with Crippen LogP contribution in [-0.4, -0.2) is 31.4 Å². The number of aryl methyl sites for hydroxylation is 3. The standard InChI is InChI=1S/C26H27ClN6O3/c1-5-33-24(26(35)30-21-13-28-32(4)17(21)3)22(14-29-33)31-25(34)19-9-7-18(8-10-19)15-36-23-12-16(2)6-11-20(23)27/h6-14H,5,15H2,1-4H3,(H,30,35)(H,31,34). The number of benzene rings is 2. The summed E-state index contributed by atoms with van der Waals surface area (Å²) in [5, 5.41) is 14.6. The van der Waals surface area contributed by atoms with E-state index < -0.39 is 0 Å². The van der Waals surface area contributed by atoms with E-state index in [1.54, 1.807) is 36.1 Å².